The number of aromatic nitrogens is 2. The number of hydrogen-bond acceptors (Lipinski definition) is 8. The van der Waals surface area contributed by atoms with E-state index in [0.717, 1.165) is 22.0 Å². The zero-order chi connectivity index (χ0) is 31.5. The summed E-state index contributed by atoms with van der Waals surface area (Å²) in [7, 11) is 1.58. The fourth-order valence-electron chi connectivity index (χ4n) is 5.55. The normalized spacial score (nSPS) is 14.6. The number of carbonyl (C=O) groups excluding carboxylic acids is 2. The molecule has 0 fully saturated rings. The number of thiazole rings is 1. The number of methoxy groups -OCH3 is 1. The number of fused-ring (bicyclic) bond motifs is 2. The van der Waals surface area contributed by atoms with Crippen molar-refractivity contribution >= 4 is 46.0 Å². The molecule has 10 heteroatoms. The first-order valence-corrected chi connectivity index (χ1v) is 15.4. The highest BCUT2D eigenvalue weighted by molar-refractivity contribution is 7.07. The summed E-state index contributed by atoms with van der Waals surface area (Å²) in [6, 6.07) is 23.6. The molecule has 1 aliphatic rings. The van der Waals surface area contributed by atoms with Crippen LogP contribution < -0.4 is 19.6 Å². The van der Waals surface area contributed by atoms with E-state index in [2.05, 4.69) is 0 Å². The van der Waals surface area contributed by atoms with Crippen LogP contribution in [0.5, 0.6) is 5.75 Å². The van der Waals surface area contributed by atoms with Crippen LogP contribution in [-0.2, 0) is 25.6 Å². The monoisotopic (exact) mass is 621 g/mol. The first-order chi connectivity index (χ1) is 21.9. The molecule has 45 heavy (non-hydrogen) atoms. The summed E-state index contributed by atoms with van der Waals surface area (Å²) in [6.07, 6.45) is 3.66. The summed E-state index contributed by atoms with van der Waals surface area (Å²) in [5.74, 6) is -0.240. The van der Waals surface area contributed by atoms with Crippen LogP contribution in [0.2, 0.25) is 0 Å². The van der Waals surface area contributed by atoms with Crippen LogP contribution >= 0.6 is 11.3 Å². The minimum absolute atomic E-state index is 0.0459. The van der Waals surface area contributed by atoms with Crippen molar-refractivity contribution in [3.63, 3.8) is 0 Å². The molecular formula is C35H31N3O6S. The Morgan fingerprint density at radius 2 is 1.64 bits per heavy atom. The Morgan fingerprint density at radius 3 is 2.36 bits per heavy atom. The van der Waals surface area contributed by atoms with Crippen molar-refractivity contribution < 1.29 is 23.8 Å². The van der Waals surface area contributed by atoms with E-state index < -0.39 is 12.0 Å². The van der Waals surface area contributed by atoms with E-state index in [1.54, 1.807) is 37.7 Å². The lowest BCUT2D eigenvalue weighted by Gasteiger charge is -2.26. The minimum Gasteiger partial charge on any atom is -0.497 e. The molecule has 0 N–H and O–H groups in total. The number of benzene rings is 3. The van der Waals surface area contributed by atoms with Gasteiger partial charge in [-0.2, -0.15) is 0 Å². The van der Waals surface area contributed by atoms with Crippen molar-refractivity contribution in [2.75, 3.05) is 20.3 Å². The van der Waals surface area contributed by atoms with E-state index in [9.17, 15) is 14.4 Å². The summed E-state index contributed by atoms with van der Waals surface area (Å²) >= 11 is 1.24. The number of carbonyl (C=O) groups is 2. The van der Waals surface area contributed by atoms with Crippen LogP contribution in [0, 0.1) is 0 Å². The zero-order valence-electron chi connectivity index (χ0n) is 25.1. The Kier molecular flexibility index (Phi) is 8.48. The maximum absolute atomic E-state index is 14.3. The molecule has 0 radical (unpaired) electrons. The van der Waals surface area contributed by atoms with Gasteiger partial charge in [0.1, 0.15) is 12.3 Å². The first kappa shape index (κ1) is 29.8. The summed E-state index contributed by atoms with van der Waals surface area (Å²) in [5.41, 5.74) is 3.49. The van der Waals surface area contributed by atoms with E-state index >= 15 is 0 Å². The molecule has 0 unspecified atom stereocenters. The van der Waals surface area contributed by atoms with E-state index in [1.165, 1.54) is 11.3 Å². The average Bonchev–Trinajstić information content (AvgIpc) is 3.56. The average molecular weight is 622 g/mol. The smallest absolute Gasteiger partial charge is 0.338 e. The van der Waals surface area contributed by atoms with E-state index in [4.69, 9.17) is 19.2 Å². The van der Waals surface area contributed by atoms with E-state index in [0.29, 0.717) is 33.0 Å². The van der Waals surface area contributed by atoms with Crippen LogP contribution in [-0.4, -0.2) is 41.4 Å². The molecule has 0 saturated carbocycles. The molecule has 1 atom stereocenters. The predicted molar refractivity (Wildman–Crippen MR) is 173 cm³/mol. The van der Waals surface area contributed by atoms with Gasteiger partial charge in [0.05, 0.1) is 42.2 Å². The zero-order valence-corrected chi connectivity index (χ0v) is 25.9. The lowest BCUT2D eigenvalue weighted by molar-refractivity contribution is -0.143. The van der Waals surface area contributed by atoms with Crippen LogP contribution in [0.4, 0.5) is 0 Å². The Labute approximate surface area is 262 Å². The number of hydrogen-bond donors (Lipinski definition) is 0. The summed E-state index contributed by atoms with van der Waals surface area (Å²) in [5, 5.41) is 0.886. The second kappa shape index (κ2) is 12.8. The molecule has 3 aromatic carbocycles. The third-order valence-electron chi connectivity index (χ3n) is 7.52. The van der Waals surface area contributed by atoms with Crippen molar-refractivity contribution in [2.45, 2.75) is 26.4 Å². The molecule has 5 aromatic rings. The second-order valence-electron chi connectivity index (χ2n) is 10.2. The highest BCUT2D eigenvalue weighted by Crippen LogP contribution is 2.35. The van der Waals surface area contributed by atoms with Crippen molar-refractivity contribution in [3.8, 4) is 5.75 Å². The molecule has 0 amide bonds. The van der Waals surface area contributed by atoms with Gasteiger partial charge in [0.2, 0.25) is 0 Å². The van der Waals surface area contributed by atoms with Gasteiger partial charge in [-0.3, -0.25) is 14.2 Å². The van der Waals surface area contributed by atoms with Gasteiger partial charge in [-0.1, -0.05) is 72.0 Å². The van der Waals surface area contributed by atoms with Crippen LogP contribution in [0.25, 0.3) is 22.7 Å². The Balaban J connectivity index is 1.59. The molecular weight excluding hydrogens is 590 g/mol. The highest BCUT2D eigenvalue weighted by atomic mass is 32.1. The highest BCUT2D eigenvalue weighted by Gasteiger charge is 2.35. The topological polar surface area (TPSA) is 101 Å². The lowest BCUT2D eigenvalue weighted by atomic mass is 9.93. The van der Waals surface area contributed by atoms with Gasteiger partial charge in [0, 0.05) is 28.2 Å². The standard InChI is InChI=1S/C35H31N3O6S/c1-4-43-29(39)21-37-20-24(26-13-9-10-14-27(26)37)19-28-33(40)38-32(23-15-17-25(42-3)18-16-23)30(34(41)44-5-2)31(36-35(38)45-28)22-11-7-6-8-12-22/h6-20,32H,4-5,21H2,1-3H3/b28-19-/t32-/m0/s1. The Hall–Kier alpha value is -5.22. The first-order valence-electron chi connectivity index (χ1n) is 14.6. The van der Waals surface area contributed by atoms with E-state index in [1.807, 2.05) is 83.6 Å². The molecule has 228 valence electrons. The molecule has 0 spiro atoms. The third kappa shape index (κ3) is 5.72. The largest absolute Gasteiger partial charge is 0.497 e. The molecule has 2 aromatic heterocycles. The molecule has 3 heterocycles. The molecule has 6 rings (SSSR count). The predicted octanol–water partition coefficient (Wildman–Crippen LogP) is 4.46. The van der Waals surface area contributed by atoms with Gasteiger partial charge >= 0.3 is 11.9 Å². The van der Waals surface area contributed by atoms with Crippen molar-refractivity contribution in [3.05, 3.63) is 127 Å². The van der Waals surface area contributed by atoms with Gasteiger partial charge < -0.3 is 18.8 Å². The number of esters is 2. The van der Waals surface area contributed by atoms with Gasteiger partial charge in [-0.15, -0.1) is 0 Å². The summed E-state index contributed by atoms with van der Waals surface area (Å²) < 4.78 is 19.9. The van der Waals surface area contributed by atoms with Crippen LogP contribution in [0.15, 0.2) is 100 Å². The maximum atomic E-state index is 14.3. The third-order valence-corrected chi connectivity index (χ3v) is 8.50. The van der Waals surface area contributed by atoms with Crippen LogP contribution in [0.3, 0.4) is 0 Å². The lowest BCUT2D eigenvalue weighted by Crippen LogP contribution is -2.40. The van der Waals surface area contributed by atoms with Crippen LogP contribution in [0.1, 0.15) is 36.6 Å². The fraction of sp³-hybridized carbons (Fsp3) is 0.200. The second-order valence-corrected chi connectivity index (χ2v) is 11.2. The summed E-state index contributed by atoms with van der Waals surface area (Å²) in [4.78, 5) is 45.7. The Bertz CT molecular complexity index is 2110. The molecule has 0 aliphatic carbocycles. The van der Waals surface area contributed by atoms with Gasteiger partial charge in [0.15, 0.2) is 4.80 Å². The number of rotatable bonds is 9. The molecule has 1 aliphatic heterocycles. The van der Waals surface area contributed by atoms with Crippen molar-refractivity contribution in [1.82, 2.24) is 9.13 Å². The number of ether oxygens (including phenoxy) is 3. The van der Waals surface area contributed by atoms with E-state index in [-0.39, 0.29) is 30.3 Å². The SMILES string of the molecule is CCOC(=O)Cn1cc(/C=c2\sc3n(c2=O)[C@@H](c2ccc(OC)cc2)C(C(=O)OCC)=C(c2ccccc2)N=3)c2ccccc21. The maximum Gasteiger partial charge on any atom is 0.338 e. The van der Waals surface area contributed by atoms with Crippen molar-refractivity contribution in [1.29, 1.82) is 0 Å². The van der Waals surface area contributed by atoms with Gasteiger partial charge in [-0.25, -0.2) is 9.79 Å². The van der Waals surface area contributed by atoms with Gasteiger partial charge in [-0.05, 0) is 43.7 Å². The van der Waals surface area contributed by atoms with Gasteiger partial charge in [0.25, 0.3) is 5.56 Å². The molecule has 0 saturated heterocycles. The molecule has 0 bridgehead atoms. The quantitative estimate of drug-likeness (QED) is 0.225. The minimum atomic E-state index is -0.797. The number of nitrogens with zero attached hydrogens (tertiary/aromatic N) is 3. The summed E-state index contributed by atoms with van der Waals surface area (Å²) in [6.45, 7) is 4.02. The number of para-hydroxylation sites is 1. The Morgan fingerprint density at radius 1 is 0.933 bits per heavy atom. The van der Waals surface area contributed by atoms with Crippen molar-refractivity contribution in [2.24, 2.45) is 4.99 Å². The fourth-order valence-corrected chi connectivity index (χ4v) is 6.54. The molecule has 9 nitrogen and oxygen atoms in total.